The number of alkyl halides is 3. The van der Waals surface area contributed by atoms with E-state index in [2.05, 4.69) is 12.2 Å². The van der Waals surface area contributed by atoms with Crippen LogP contribution >= 0.6 is 0 Å². The second-order valence-electron chi connectivity index (χ2n) is 3.74. The van der Waals surface area contributed by atoms with Gasteiger partial charge < -0.3 is 5.32 Å². The molecule has 4 heteroatoms. The molecule has 0 aliphatic carbocycles. The van der Waals surface area contributed by atoms with Crippen molar-refractivity contribution in [3.05, 3.63) is 29.8 Å². The molecule has 0 atom stereocenters. The summed E-state index contributed by atoms with van der Waals surface area (Å²) in [7, 11) is 0. The van der Waals surface area contributed by atoms with Gasteiger partial charge in [-0.1, -0.05) is 25.5 Å². The molecule has 0 amide bonds. The van der Waals surface area contributed by atoms with E-state index in [0.29, 0.717) is 0 Å². The van der Waals surface area contributed by atoms with Gasteiger partial charge in [-0.05, 0) is 24.1 Å². The smallest absolute Gasteiger partial charge is 0.385 e. The molecule has 0 aromatic heterocycles. The van der Waals surface area contributed by atoms with E-state index in [-0.39, 0.29) is 6.54 Å². The SMILES string of the molecule is CCCc1ccc(NCCC(F)(F)F)cc1. The minimum atomic E-state index is -4.09. The Hall–Kier alpha value is -1.19. The van der Waals surface area contributed by atoms with Crippen LogP contribution in [0.1, 0.15) is 25.3 Å². The lowest BCUT2D eigenvalue weighted by Gasteiger charge is -2.09. The van der Waals surface area contributed by atoms with Crippen LogP contribution in [0, 0.1) is 0 Å². The summed E-state index contributed by atoms with van der Waals surface area (Å²) in [4.78, 5) is 0. The molecule has 0 saturated carbocycles. The molecule has 1 rings (SSSR count). The minimum Gasteiger partial charge on any atom is -0.385 e. The maximum atomic E-state index is 11.9. The highest BCUT2D eigenvalue weighted by atomic mass is 19.4. The van der Waals surface area contributed by atoms with Gasteiger partial charge in [-0.25, -0.2) is 0 Å². The number of anilines is 1. The molecule has 0 heterocycles. The lowest BCUT2D eigenvalue weighted by Crippen LogP contribution is -2.14. The second-order valence-corrected chi connectivity index (χ2v) is 3.74. The predicted octanol–water partition coefficient (Wildman–Crippen LogP) is 4.00. The molecule has 0 aliphatic heterocycles. The maximum Gasteiger partial charge on any atom is 0.390 e. The normalized spacial score (nSPS) is 11.5. The zero-order valence-electron chi connectivity index (χ0n) is 9.27. The topological polar surface area (TPSA) is 12.0 Å². The molecule has 16 heavy (non-hydrogen) atoms. The van der Waals surface area contributed by atoms with Crippen LogP contribution in [0.2, 0.25) is 0 Å². The Morgan fingerprint density at radius 2 is 1.75 bits per heavy atom. The number of nitrogens with one attached hydrogen (secondary N) is 1. The molecule has 0 radical (unpaired) electrons. The lowest BCUT2D eigenvalue weighted by atomic mass is 10.1. The summed E-state index contributed by atoms with van der Waals surface area (Å²) in [6, 6.07) is 7.53. The highest BCUT2D eigenvalue weighted by Gasteiger charge is 2.25. The number of hydrogen-bond donors (Lipinski definition) is 1. The molecule has 0 fully saturated rings. The molecule has 0 spiro atoms. The maximum absolute atomic E-state index is 11.9. The third kappa shape index (κ3) is 5.05. The van der Waals surface area contributed by atoms with Crippen molar-refractivity contribution in [2.75, 3.05) is 11.9 Å². The highest BCUT2D eigenvalue weighted by Crippen LogP contribution is 2.19. The summed E-state index contributed by atoms with van der Waals surface area (Å²) in [5.41, 5.74) is 1.95. The van der Waals surface area contributed by atoms with Crippen LogP contribution in [-0.4, -0.2) is 12.7 Å². The molecule has 0 bridgehead atoms. The van der Waals surface area contributed by atoms with Gasteiger partial charge in [0.15, 0.2) is 0 Å². The summed E-state index contributed by atoms with van der Waals surface area (Å²) in [5, 5.41) is 2.75. The molecule has 1 aromatic rings. The van der Waals surface area contributed by atoms with Gasteiger partial charge >= 0.3 is 6.18 Å². The van der Waals surface area contributed by atoms with E-state index in [1.807, 2.05) is 24.3 Å². The monoisotopic (exact) mass is 231 g/mol. The molecule has 1 N–H and O–H groups in total. The van der Waals surface area contributed by atoms with Crippen molar-refractivity contribution >= 4 is 5.69 Å². The van der Waals surface area contributed by atoms with Gasteiger partial charge in [-0.2, -0.15) is 13.2 Å². The molecule has 1 aromatic carbocycles. The van der Waals surface area contributed by atoms with Crippen LogP contribution < -0.4 is 5.32 Å². The zero-order chi connectivity index (χ0) is 12.0. The fraction of sp³-hybridized carbons (Fsp3) is 0.500. The van der Waals surface area contributed by atoms with Crippen molar-refractivity contribution in [2.45, 2.75) is 32.4 Å². The van der Waals surface area contributed by atoms with Gasteiger partial charge in [-0.15, -0.1) is 0 Å². The Kier molecular flexibility index (Phi) is 4.65. The van der Waals surface area contributed by atoms with E-state index in [1.54, 1.807) is 0 Å². The van der Waals surface area contributed by atoms with Gasteiger partial charge in [0.25, 0.3) is 0 Å². The van der Waals surface area contributed by atoms with Crippen molar-refractivity contribution in [3.63, 3.8) is 0 Å². The summed E-state index contributed by atoms with van der Waals surface area (Å²) in [6.45, 7) is 2.02. The second kappa shape index (κ2) is 5.77. The van der Waals surface area contributed by atoms with Gasteiger partial charge in [0.1, 0.15) is 0 Å². The van der Waals surface area contributed by atoms with Gasteiger partial charge in [0.2, 0.25) is 0 Å². The average molecular weight is 231 g/mol. The van der Waals surface area contributed by atoms with Gasteiger partial charge in [0, 0.05) is 12.2 Å². The van der Waals surface area contributed by atoms with Crippen LogP contribution in [0.5, 0.6) is 0 Å². The third-order valence-electron chi connectivity index (χ3n) is 2.23. The molecule has 0 aliphatic rings. The molecule has 0 unspecified atom stereocenters. The minimum absolute atomic E-state index is 0.0728. The summed E-state index contributed by atoms with van der Waals surface area (Å²) in [5.74, 6) is 0. The van der Waals surface area contributed by atoms with E-state index in [4.69, 9.17) is 0 Å². The Morgan fingerprint density at radius 3 is 2.25 bits per heavy atom. The number of aryl methyl sites for hydroxylation is 1. The van der Waals surface area contributed by atoms with Gasteiger partial charge in [-0.3, -0.25) is 0 Å². The fourth-order valence-corrected chi connectivity index (χ4v) is 1.43. The first-order valence-corrected chi connectivity index (χ1v) is 5.41. The molecular weight excluding hydrogens is 215 g/mol. The highest BCUT2D eigenvalue weighted by molar-refractivity contribution is 5.44. The predicted molar refractivity (Wildman–Crippen MR) is 59.6 cm³/mol. The largest absolute Gasteiger partial charge is 0.390 e. The number of rotatable bonds is 5. The van der Waals surface area contributed by atoms with Gasteiger partial charge in [0.05, 0.1) is 6.42 Å². The van der Waals surface area contributed by atoms with Crippen molar-refractivity contribution in [3.8, 4) is 0 Å². The average Bonchev–Trinajstić information content (AvgIpc) is 2.19. The van der Waals surface area contributed by atoms with Crippen molar-refractivity contribution in [2.24, 2.45) is 0 Å². The quantitative estimate of drug-likeness (QED) is 0.807. The van der Waals surface area contributed by atoms with Crippen LogP contribution in [-0.2, 0) is 6.42 Å². The van der Waals surface area contributed by atoms with Crippen molar-refractivity contribution < 1.29 is 13.2 Å². The number of benzene rings is 1. The first-order valence-electron chi connectivity index (χ1n) is 5.41. The Morgan fingerprint density at radius 1 is 1.12 bits per heavy atom. The van der Waals surface area contributed by atoms with Crippen LogP contribution in [0.15, 0.2) is 24.3 Å². The molecular formula is C12H16F3N. The van der Waals surface area contributed by atoms with E-state index < -0.39 is 12.6 Å². The van der Waals surface area contributed by atoms with Crippen LogP contribution in [0.4, 0.5) is 18.9 Å². The molecule has 90 valence electrons. The summed E-state index contributed by atoms with van der Waals surface area (Å²) >= 11 is 0. The first-order chi connectivity index (χ1) is 7.51. The first kappa shape index (κ1) is 12.9. The Bertz CT molecular complexity index is 303. The standard InChI is InChI=1S/C12H16F3N/c1-2-3-10-4-6-11(7-5-10)16-9-8-12(13,14)15/h4-7,16H,2-3,8-9H2,1H3. The van der Waals surface area contributed by atoms with E-state index in [0.717, 1.165) is 18.5 Å². The summed E-state index contributed by atoms with van der Waals surface area (Å²) < 4.78 is 35.6. The van der Waals surface area contributed by atoms with Crippen molar-refractivity contribution in [1.29, 1.82) is 0 Å². The number of halogens is 3. The lowest BCUT2D eigenvalue weighted by molar-refractivity contribution is -0.131. The van der Waals surface area contributed by atoms with Crippen molar-refractivity contribution in [1.82, 2.24) is 0 Å². The number of hydrogen-bond acceptors (Lipinski definition) is 1. The molecule has 1 nitrogen and oxygen atoms in total. The summed E-state index contributed by atoms with van der Waals surface area (Å²) in [6.07, 6.45) is -2.82. The van der Waals surface area contributed by atoms with E-state index >= 15 is 0 Å². The molecule has 0 saturated heterocycles. The van der Waals surface area contributed by atoms with E-state index in [1.165, 1.54) is 5.56 Å². The third-order valence-corrected chi connectivity index (χ3v) is 2.23. The van der Waals surface area contributed by atoms with Crippen LogP contribution in [0.3, 0.4) is 0 Å². The van der Waals surface area contributed by atoms with Crippen LogP contribution in [0.25, 0.3) is 0 Å². The Labute approximate surface area is 93.7 Å². The van der Waals surface area contributed by atoms with E-state index in [9.17, 15) is 13.2 Å². The Balaban J connectivity index is 2.37. The zero-order valence-corrected chi connectivity index (χ0v) is 9.27. The fourth-order valence-electron chi connectivity index (χ4n) is 1.43.